The van der Waals surface area contributed by atoms with Gasteiger partial charge in [0.05, 0.1) is 17.8 Å². The average molecular weight is 461 g/mol. The lowest BCUT2D eigenvalue weighted by atomic mass is 10.1. The summed E-state index contributed by atoms with van der Waals surface area (Å²) in [6, 6.07) is 14.5. The molecule has 0 saturated carbocycles. The van der Waals surface area contributed by atoms with Gasteiger partial charge in [-0.25, -0.2) is 4.79 Å². The highest BCUT2D eigenvalue weighted by Crippen LogP contribution is 2.29. The van der Waals surface area contributed by atoms with Crippen LogP contribution in [0, 0.1) is 0 Å². The number of hydrogen-bond donors (Lipinski definition) is 1. The molecule has 2 aliphatic rings. The fourth-order valence-corrected chi connectivity index (χ4v) is 4.55. The quantitative estimate of drug-likeness (QED) is 0.666. The van der Waals surface area contributed by atoms with Gasteiger partial charge in [0.2, 0.25) is 5.91 Å². The molecule has 2 aliphatic heterocycles. The molecule has 2 saturated heterocycles. The Bertz CT molecular complexity index is 1000. The van der Waals surface area contributed by atoms with Crippen molar-refractivity contribution >= 4 is 40.6 Å². The summed E-state index contributed by atoms with van der Waals surface area (Å²) in [5.74, 6) is 0.409. The Morgan fingerprint density at radius 1 is 1.23 bits per heavy atom. The van der Waals surface area contributed by atoms with Gasteiger partial charge in [-0.2, -0.15) is 0 Å². The van der Waals surface area contributed by atoms with Crippen LogP contribution < -0.4 is 10.1 Å². The van der Waals surface area contributed by atoms with Gasteiger partial charge in [0, 0.05) is 5.02 Å². The molecule has 4 rings (SSSR count). The predicted molar refractivity (Wildman–Crippen MR) is 117 cm³/mol. The third-order valence-electron chi connectivity index (χ3n) is 5.20. The minimum absolute atomic E-state index is 0.180. The number of thioether (sulfide) groups is 1. The van der Waals surface area contributed by atoms with E-state index < -0.39 is 5.25 Å². The Labute approximate surface area is 189 Å². The van der Waals surface area contributed by atoms with Gasteiger partial charge in [-0.15, -0.1) is 0 Å². The van der Waals surface area contributed by atoms with Gasteiger partial charge in [0.25, 0.3) is 5.24 Å². The van der Waals surface area contributed by atoms with Gasteiger partial charge in [0.15, 0.2) is 0 Å². The zero-order valence-corrected chi connectivity index (χ0v) is 18.3. The Morgan fingerprint density at radius 3 is 2.68 bits per heavy atom. The SMILES string of the molecule is C[C@H](COc1ccc(CC2SC(=O)NC2=O)cc1)N1C[C@@H](c2cccc(Cl)c2)OC1=O. The minimum Gasteiger partial charge on any atom is -0.491 e. The first-order valence-electron chi connectivity index (χ1n) is 9.85. The van der Waals surface area contributed by atoms with E-state index in [1.165, 1.54) is 0 Å². The van der Waals surface area contributed by atoms with E-state index in [9.17, 15) is 14.4 Å². The molecule has 0 aliphatic carbocycles. The van der Waals surface area contributed by atoms with Crippen LogP contribution >= 0.6 is 23.4 Å². The van der Waals surface area contributed by atoms with Gasteiger partial charge < -0.3 is 9.47 Å². The lowest BCUT2D eigenvalue weighted by molar-refractivity contribution is -0.118. The first-order valence-corrected chi connectivity index (χ1v) is 11.1. The Morgan fingerprint density at radius 2 is 2.00 bits per heavy atom. The van der Waals surface area contributed by atoms with Crippen molar-refractivity contribution in [3.8, 4) is 5.75 Å². The molecule has 31 heavy (non-hydrogen) atoms. The summed E-state index contributed by atoms with van der Waals surface area (Å²) >= 11 is 7.05. The number of benzene rings is 2. The first-order chi connectivity index (χ1) is 14.9. The van der Waals surface area contributed by atoms with E-state index >= 15 is 0 Å². The number of ether oxygens (including phenoxy) is 2. The van der Waals surface area contributed by atoms with Crippen LogP contribution in [0.2, 0.25) is 5.02 Å². The van der Waals surface area contributed by atoms with E-state index in [1.54, 1.807) is 17.0 Å². The van der Waals surface area contributed by atoms with Crippen molar-refractivity contribution in [3.05, 3.63) is 64.7 Å². The molecular formula is C22H21ClN2O5S. The molecule has 0 aromatic heterocycles. The van der Waals surface area contributed by atoms with Crippen LogP contribution in [0.15, 0.2) is 48.5 Å². The van der Waals surface area contributed by atoms with E-state index in [2.05, 4.69) is 5.32 Å². The number of cyclic esters (lactones) is 1. The van der Waals surface area contributed by atoms with Crippen molar-refractivity contribution < 1.29 is 23.9 Å². The number of nitrogens with one attached hydrogen (secondary N) is 1. The number of halogens is 1. The van der Waals surface area contributed by atoms with Gasteiger partial charge >= 0.3 is 6.09 Å². The van der Waals surface area contributed by atoms with E-state index in [1.807, 2.05) is 43.3 Å². The van der Waals surface area contributed by atoms with Gasteiger partial charge in [-0.1, -0.05) is 47.6 Å². The number of carbonyl (C=O) groups is 3. The van der Waals surface area contributed by atoms with Crippen LogP contribution in [0.4, 0.5) is 9.59 Å². The highest BCUT2D eigenvalue weighted by atomic mass is 35.5. The molecule has 2 fully saturated rings. The number of rotatable bonds is 7. The molecule has 2 aromatic rings. The summed E-state index contributed by atoms with van der Waals surface area (Å²) in [4.78, 5) is 36.9. The highest BCUT2D eigenvalue weighted by Gasteiger charge is 2.35. The number of carbonyl (C=O) groups excluding carboxylic acids is 3. The van der Waals surface area contributed by atoms with Crippen LogP contribution in [0.25, 0.3) is 0 Å². The lowest BCUT2D eigenvalue weighted by Crippen LogP contribution is -2.38. The molecular weight excluding hydrogens is 440 g/mol. The zero-order chi connectivity index (χ0) is 22.0. The predicted octanol–water partition coefficient (Wildman–Crippen LogP) is 4.19. The Kier molecular flexibility index (Phi) is 6.38. The second-order valence-electron chi connectivity index (χ2n) is 7.47. The normalized spacial score (nSPS) is 21.7. The van der Waals surface area contributed by atoms with Crippen LogP contribution in [-0.4, -0.2) is 46.6 Å². The summed E-state index contributed by atoms with van der Waals surface area (Å²) in [7, 11) is 0. The minimum atomic E-state index is -0.395. The molecule has 9 heteroatoms. The molecule has 162 valence electrons. The molecule has 1 unspecified atom stereocenters. The molecule has 7 nitrogen and oxygen atoms in total. The van der Waals surface area contributed by atoms with Crippen molar-refractivity contribution in [2.24, 2.45) is 0 Å². The molecule has 2 heterocycles. The second-order valence-corrected chi connectivity index (χ2v) is 9.08. The van der Waals surface area contributed by atoms with Gasteiger partial charge in [-0.05, 0) is 48.7 Å². The molecule has 3 atom stereocenters. The molecule has 0 bridgehead atoms. The topological polar surface area (TPSA) is 84.9 Å². The maximum absolute atomic E-state index is 12.3. The third-order valence-corrected chi connectivity index (χ3v) is 6.41. The second kappa shape index (κ2) is 9.20. The van der Waals surface area contributed by atoms with Crippen molar-refractivity contribution in [2.45, 2.75) is 30.7 Å². The molecule has 0 radical (unpaired) electrons. The maximum Gasteiger partial charge on any atom is 0.410 e. The first kappa shape index (κ1) is 21.5. The Balaban J connectivity index is 1.29. The number of imide groups is 1. The third kappa shape index (κ3) is 5.14. The van der Waals surface area contributed by atoms with Crippen LogP contribution in [0.1, 0.15) is 24.2 Å². The fraction of sp³-hybridized carbons (Fsp3) is 0.318. The average Bonchev–Trinajstić information content (AvgIpc) is 3.28. The van der Waals surface area contributed by atoms with Crippen LogP contribution in [-0.2, 0) is 16.0 Å². The van der Waals surface area contributed by atoms with Crippen molar-refractivity contribution in [2.75, 3.05) is 13.2 Å². The monoisotopic (exact) mass is 460 g/mol. The molecule has 0 spiro atoms. The van der Waals surface area contributed by atoms with E-state index in [0.29, 0.717) is 30.3 Å². The van der Waals surface area contributed by atoms with Crippen LogP contribution in [0.5, 0.6) is 5.75 Å². The highest BCUT2D eigenvalue weighted by molar-refractivity contribution is 8.15. The summed E-state index contributed by atoms with van der Waals surface area (Å²) in [5, 5.41) is 2.19. The smallest absolute Gasteiger partial charge is 0.410 e. The van der Waals surface area contributed by atoms with Crippen molar-refractivity contribution in [1.29, 1.82) is 0 Å². The molecule has 1 N–H and O–H groups in total. The Hall–Kier alpha value is -2.71. The standard InChI is InChI=1S/C22H21ClN2O5S/c1-13(25-11-18(30-22(25)28)15-3-2-4-16(23)10-15)12-29-17-7-5-14(6-8-17)9-19-20(26)24-21(27)31-19/h2-8,10,13,18-19H,9,11-12H2,1H3,(H,24,26,27)/t13-,18+,19?/m1/s1. The van der Waals surface area contributed by atoms with E-state index in [4.69, 9.17) is 21.1 Å². The summed E-state index contributed by atoms with van der Waals surface area (Å²) in [6.07, 6.45) is -0.257. The maximum atomic E-state index is 12.3. The van der Waals surface area contributed by atoms with Crippen molar-refractivity contribution in [1.82, 2.24) is 10.2 Å². The summed E-state index contributed by atoms with van der Waals surface area (Å²) in [5.41, 5.74) is 1.80. The zero-order valence-electron chi connectivity index (χ0n) is 16.7. The largest absolute Gasteiger partial charge is 0.491 e. The van der Waals surface area contributed by atoms with Gasteiger partial charge in [-0.3, -0.25) is 19.8 Å². The van der Waals surface area contributed by atoms with E-state index in [0.717, 1.165) is 22.9 Å². The molecule has 2 aromatic carbocycles. The number of nitrogens with zero attached hydrogens (tertiary/aromatic N) is 1. The fourth-order valence-electron chi connectivity index (χ4n) is 3.49. The summed E-state index contributed by atoms with van der Waals surface area (Å²) in [6.45, 7) is 2.65. The van der Waals surface area contributed by atoms with Crippen molar-refractivity contribution in [3.63, 3.8) is 0 Å². The van der Waals surface area contributed by atoms with Crippen LogP contribution in [0.3, 0.4) is 0 Å². The lowest BCUT2D eigenvalue weighted by Gasteiger charge is -2.22. The number of amides is 3. The number of hydrogen-bond acceptors (Lipinski definition) is 6. The van der Waals surface area contributed by atoms with Gasteiger partial charge in [0.1, 0.15) is 18.5 Å². The summed E-state index contributed by atoms with van der Waals surface area (Å²) < 4.78 is 11.3. The van der Waals surface area contributed by atoms with E-state index in [-0.39, 0.29) is 29.4 Å². The molecule has 3 amide bonds.